The third-order valence-corrected chi connectivity index (χ3v) is 12.2. The Bertz CT molecular complexity index is 2630. The normalized spacial score (nSPS) is 12.1. The summed E-state index contributed by atoms with van der Waals surface area (Å²) in [5.74, 6) is 0.925. The van der Waals surface area contributed by atoms with Crippen LogP contribution in [-0.2, 0) is 0 Å². The van der Waals surface area contributed by atoms with Crippen molar-refractivity contribution in [1.82, 2.24) is 4.98 Å². The summed E-state index contributed by atoms with van der Waals surface area (Å²) >= 11 is 5.57. The van der Waals surface area contributed by atoms with Gasteiger partial charge in [-0.05, 0) is 53.2 Å². The van der Waals surface area contributed by atoms with E-state index in [0.717, 1.165) is 17.2 Å². The van der Waals surface area contributed by atoms with Crippen molar-refractivity contribution in [3.8, 4) is 0 Å². The van der Waals surface area contributed by atoms with Gasteiger partial charge in [-0.2, -0.15) is 0 Å². The predicted octanol–water partition coefficient (Wildman–Crippen LogP) is 12.8. The Morgan fingerprint density at radius 2 is 0.955 bits per heavy atom. The Morgan fingerprint density at radius 1 is 0.409 bits per heavy atom. The van der Waals surface area contributed by atoms with Crippen molar-refractivity contribution < 1.29 is 0 Å². The van der Waals surface area contributed by atoms with Gasteiger partial charge in [-0.1, -0.05) is 84.9 Å². The largest absolute Gasteiger partial charge is 0.295 e. The smallest absolute Gasteiger partial charge is 0.138 e. The zero-order valence-electron chi connectivity index (χ0n) is 23.3. The van der Waals surface area contributed by atoms with Crippen LogP contribution in [0.1, 0.15) is 0 Å². The highest BCUT2D eigenvalue weighted by Crippen LogP contribution is 2.45. The van der Waals surface area contributed by atoms with Crippen LogP contribution >= 0.6 is 34.0 Å². The van der Waals surface area contributed by atoms with E-state index in [4.69, 9.17) is 4.98 Å². The van der Waals surface area contributed by atoms with E-state index in [1.165, 1.54) is 71.3 Å². The fraction of sp³-hybridized carbons (Fsp3) is 0. The molecule has 0 unspecified atom stereocenters. The number of fused-ring (bicyclic) bond motifs is 11. The zero-order valence-corrected chi connectivity index (χ0v) is 25.8. The SMILES string of the molecule is c1ccc2c(c1)ccc1c3cnc(N(c4ccc5c(c4)sc4ccccc45)c4ccc5c(c4)sc4ccccc45)cc3sc21. The average molecular weight is 615 g/mol. The van der Waals surface area contributed by atoms with Gasteiger partial charge in [0.2, 0.25) is 0 Å². The molecule has 0 spiro atoms. The number of thiophene rings is 3. The van der Waals surface area contributed by atoms with Gasteiger partial charge in [-0.25, -0.2) is 4.98 Å². The van der Waals surface area contributed by atoms with Crippen LogP contribution in [0.4, 0.5) is 17.2 Å². The first-order valence-electron chi connectivity index (χ1n) is 14.6. The molecular weight excluding hydrogens is 593 g/mol. The Labute approximate surface area is 264 Å². The van der Waals surface area contributed by atoms with Crippen molar-refractivity contribution in [2.45, 2.75) is 0 Å². The van der Waals surface area contributed by atoms with Crippen LogP contribution in [0.15, 0.2) is 134 Å². The monoisotopic (exact) mass is 614 g/mol. The van der Waals surface area contributed by atoms with Gasteiger partial charge in [0.1, 0.15) is 5.82 Å². The summed E-state index contributed by atoms with van der Waals surface area (Å²) in [5.41, 5.74) is 2.23. The molecule has 0 fully saturated rings. The van der Waals surface area contributed by atoms with E-state index in [0.29, 0.717) is 0 Å². The van der Waals surface area contributed by atoms with Gasteiger partial charge in [-0.3, -0.25) is 4.90 Å². The molecule has 10 rings (SSSR count). The Hall–Kier alpha value is -4.81. The van der Waals surface area contributed by atoms with E-state index in [9.17, 15) is 0 Å². The third-order valence-electron chi connectivity index (χ3n) is 8.70. The Kier molecular flexibility index (Phi) is 5.23. The van der Waals surface area contributed by atoms with Crippen LogP contribution < -0.4 is 4.90 Å². The standard InChI is InChI=1S/C39H22N2S3/c1-2-8-26-23(7-1)13-16-31-32-22-40-38(21-37(32)44-39(26)31)41(24-14-17-29-27-9-3-5-11-33(27)42-35(29)19-24)25-15-18-30-28-10-4-6-12-34(28)43-36(30)20-25/h1-22H. The van der Waals surface area contributed by atoms with Crippen LogP contribution in [0.3, 0.4) is 0 Å². The molecule has 5 heteroatoms. The highest BCUT2D eigenvalue weighted by atomic mass is 32.1. The predicted molar refractivity (Wildman–Crippen MR) is 195 cm³/mol. The molecule has 0 aliphatic rings. The molecule has 0 amide bonds. The maximum atomic E-state index is 5.15. The number of pyridine rings is 1. The van der Waals surface area contributed by atoms with Gasteiger partial charge in [0.15, 0.2) is 0 Å². The van der Waals surface area contributed by atoms with E-state index in [1.807, 2.05) is 34.0 Å². The lowest BCUT2D eigenvalue weighted by Crippen LogP contribution is -2.11. The second-order valence-corrected chi connectivity index (χ2v) is 14.4. The fourth-order valence-electron chi connectivity index (χ4n) is 6.63. The number of hydrogen-bond acceptors (Lipinski definition) is 5. The lowest BCUT2D eigenvalue weighted by molar-refractivity contribution is 1.20. The lowest BCUT2D eigenvalue weighted by Gasteiger charge is -2.24. The van der Waals surface area contributed by atoms with E-state index < -0.39 is 0 Å². The second kappa shape index (κ2) is 9.34. The van der Waals surface area contributed by atoms with Gasteiger partial charge in [-0.15, -0.1) is 34.0 Å². The molecule has 4 aromatic heterocycles. The first-order chi connectivity index (χ1) is 21.8. The van der Waals surface area contributed by atoms with Crippen LogP contribution in [0.25, 0.3) is 71.3 Å². The second-order valence-electron chi connectivity index (χ2n) is 11.2. The molecule has 0 radical (unpaired) electrons. The van der Waals surface area contributed by atoms with Gasteiger partial charge in [0, 0.05) is 78.1 Å². The highest BCUT2D eigenvalue weighted by Gasteiger charge is 2.19. The van der Waals surface area contributed by atoms with Gasteiger partial charge in [0.25, 0.3) is 0 Å². The molecule has 6 aromatic carbocycles. The molecule has 0 atom stereocenters. The summed E-state index contributed by atoms with van der Waals surface area (Å²) in [5, 5.41) is 10.3. The maximum Gasteiger partial charge on any atom is 0.138 e. The number of anilines is 3. The Morgan fingerprint density at radius 3 is 1.64 bits per heavy atom. The number of rotatable bonds is 3. The summed E-state index contributed by atoms with van der Waals surface area (Å²) in [7, 11) is 0. The van der Waals surface area contributed by atoms with Crippen molar-refractivity contribution in [2.75, 3.05) is 4.90 Å². The molecule has 4 heterocycles. The van der Waals surface area contributed by atoms with Gasteiger partial charge < -0.3 is 0 Å². The number of aromatic nitrogens is 1. The van der Waals surface area contributed by atoms with Crippen LogP contribution in [-0.4, -0.2) is 4.98 Å². The van der Waals surface area contributed by atoms with E-state index in [1.54, 1.807) is 0 Å². The van der Waals surface area contributed by atoms with E-state index in [2.05, 4.69) is 138 Å². The lowest BCUT2D eigenvalue weighted by atomic mass is 10.1. The minimum absolute atomic E-state index is 0.925. The minimum atomic E-state index is 0.925. The molecule has 0 N–H and O–H groups in total. The van der Waals surface area contributed by atoms with Crippen molar-refractivity contribution in [1.29, 1.82) is 0 Å². The number of nitrogens with zero attached hydrogens (tertiary/aromatic N) is 2. The molecule has 2 nitrogen and oxygen atoms in total. The van der Waals surface area contributed by atoms with Crippen LogP contribution in [0, 0.1) is 0 Å². The fourth-order valence-corrected chi connectivity index (χ4v) is 10.2. The average Bonchev–Trinajstić information content (AvgIpc) is 3.75. The summed E-state index contributed by atoms with van der Waals surface area (Å²) in [6.07, 6.45) is 2.07. The van der Waals surface area contributed by atoms with Crippen molar-refractivity contribution >= 4 is 122 Å². The first kappa shape index (κ1) is 24.6. The van der Waals surface area contributed by atoms with Crippen molar-refractivity contribution in [2.24, 2.45) is 0 Å². The number of hydrogen-bond donors (Lipinski definition) is 0. The zero-order chi connectivity index (χ0) is 28.8. The molecule has 0 aliphatic carbocycles. The summed E-state index contributed by atoms with van der Waals surface area (Å²) < 4.78 is 7.77. The van der Waals surface area contributed by atoms with Gasteiger partial charge >= 0.3 is 0 Å². The van der Waals surface area contributed by atoms with Crippen LogP contribution in [0.5, 0.6) is 0 Å². The molecular formula is C39H22N2S3. The molecule has 0 saturated heterocycles. The summed E-state index contributed by atoms with van der Waals surface area (Å²) in [6, 6.07) is 46.5. The summed E-state index contributed by atoms with van der Waals surface area (Å²) in [6.45, 7) is 0. The quantitative estimate of drug-likeness (QED) is 0.197. The van der Waals surface area contributed by atoms with E-state index >= 15 is 0 Å². The molecule has 0 aliphatic heterocycles. The topological polar surface area (TPSA) is 16.1 Å². The third kappa shape index (κ3) is 3.61. The van der Waals surface area contributed by atoms with Crippen molar-refractivity contribution in [3.63, 3.8) is 0 Å². The Balaban J connectivity index is 1.21. The van der Waals surface area contributed by atoms with Gasteiger partial charge in [0.05, 0.1) is 0 Å². The molecule has 44 heavy (non-hydrogen) atoms. The summed E-state index contributed by atoms with van der Waals surface area (Å²) in [4.78, 5) is 7.48. The minimum Gasteiger partial charge on any atom is -0.295 e. The first-order valence-corrected chi connectivity index (χ1v) is 17.1. The molecule has 10 aromatic rings. The van der Waals surface area contributed by atoms with E-state index in [-0.39, 0.29) is 0 Å². The molecule has 206 valence electrons. The van der Waals surface area contributed by atoms with Crippen LogP contribution in [0.2, 0.25) is 0 Å². The number of benzene rings is 6. The molecule has 0 bridgehead atoms. The molecule has 0 saturated carbocycles. The van der Waals surface area contributed by atoms with Crippen molar-refractivity contribution in [3.05, 3.63) is 134 Å². The maximum absolute atomic E-state index is 5.15. The highest BCUT2D eigenvalue weighted by molar-refractivity contribution is 7.27.